The van der Waals surface area contributed by atoms with Gasteiger partial charge >= 0.3 is 5.97 Å². The number of carbonyl (C=O) groups is 1. The molecule has 3 rings (SSSR count). The van der Waals surface area contributed by atoms with Crippen LogP contribution in [0.5, 0.6) is 5.75 Å². The zero-order chi connectivity index (χ0) is 23.8. The highest BCUT2D eigenvalue weighted by atomic mass is 16.7. The zero-order valence-electron chi connectivity index (χ0n) is 18.8. The molecule has 2 aromatic carbocycles. The number of benzene rings is 2. The molecule has 33 heavy (non-hydrogen) atoms. The maximum absolute atomic E-state index is 12.9. The normalized spacial score (nSPS) is 24.8. The Bertz CT molecular complexity index is 916. The van der Waals surface area contributed by atoms with Gasteiger partial charge in [-0.15, -0.1) is 6.58 Å². The minimum Gasteiger partial charge on any atom is -0.489 e. The number of aliphatic hydroxyl groups excluding tert-OH is 2. The standard InChI is InChI=1S/C25H30O8/c1-4-12-30-25-23(22(27)21(26)20(32-25)15-29-3)33-24(28)19-11-10-18(13-16(19)2)31-14-17-8-6-5-7-9-17/h4-11,13,20-23,25-27H,1,12,14-15H2,2-3H3/t20-,21-,22+,23-,25+/m1/s1. The summed E-state index contributed by atoms with van der Waals surface area (Å²) in [5.41, 5.74) is 1.96. The summed E-state index contributed by atoms with van der Waals surface area (Å²) in [6, 6.07) is 14.8. The van der Waals surface area contributed by atoms with Crippen molar-refractivity contribution in [2.24, 2.45) is 0 Å². The van der Waals surface area contributed by atoms with Crippen LogP contribution in [-0.2, 0) is 25.6 Å². The number of aliphatic hydroxyl groups is 2. The Morgan fingerprint density at radius 2 is 1.91 bits per heavy atom. The topological polar surface area (TPSA) is 104 Å². The number of methoxy groups -OCH3 is 1. The molecule has 0 radical (unpaired) electrons. The van der Waals surface area contributed by atoms with Gasteiger partial charge in [0.1, 0.15) is 30.7 Å². The largest absolute Gasteiger partial charge is 0.489 e. The molecular formula is C25H30O8. The molecule has 2 N–H and O–H groups in total. The Kier molecular flexibility index (Phi) is 8.99. The lowest BCUT2D eigenvalue weighted by Gasteiger charge is -2.41. The highest BCUT2D eigenvalue weighted by Gasteiger charge is 2.47. The van der Waals surface area contributed by atoms with E-state index in [0.717, 1.165) is 5.56 Å². The molecule has 178 valence electrons. The van der Waals surface area contributed by atoms with Gasteiger partial charge in [-0.05, 0) is 36.2 Å². The summed E-state index contributed by atoms with van der Waals surface area (Å²) >= 11 is 0. The fourth-order valence-electron chi connectivity index (χ4n) is 3.51. The van der Waals surface area contributed by atoms with Gasteiger partial charge in [0, 0.05) is 7.11 Å². The highest BCUT2D eigenvalue weighted by molar-refractivity contribution is 5.91. The van der Waals surface area contributed by atoms with E-state index < -0.39 is 36.7 Å². The van der Waals surface area contributed by atoms with Gasteiger partial charge in [0.15, 0.2) is 12.4 Å². The van der Waals surface area contributed by atoms with E-state index in [1.54, 1.807) is 25.1 Å². The fraction of sp³-hybridized carbons (Fsp3) is 0.400. The predicted molar refractivity (Wildman–Crippen MR) is 120 cm³/mol. The zero-order valence-corrected chi connectivity index (χ0v) is 18.8. The summed E-state index contributed by atoms with van der Waals surface area (Å²) in [5.74, 6) is -0.0710. The van der Waals surface area contributed by atoms with Crippen LogP contribution in [0.3, 0.4) is 0 Å². The van der Waals surface area contributed by atoms with Crippen LogP contribution in [-0.4, -0.2) is 67.2 Å². The molecule has 1 aliphatic rings. The van der Waals surface area contributed by atoms with Gasteiger partial charge in [-0.3, -0.25) is 0 Å². The first-order valence-corrected chi connectivity index (χ1v) is 10.7. The number of ether oxygens (including phenoxy) is 5. The minimum atomic E-state index is -1.42. The number of aryl methyl sites for hydroxylation is 1. The van der Waals surface area contributed by atoms with Crippen LogP contribution in [0.15, 0.2) is 61.2 Å². The third-order valence-electron chi connectivity index (χ3n) is 5.26. The van der Waals surface area contributed by atoms with Crippen molar-refractivity contribution in [3.8, 4) is 5.75 Å². The molecule has 0 spiro atoms. The van der Waals surface area contributed by atoms with Crippen LogP contribution in [0.25, 0.3) is 0 Å². The first-order chi connectivity index (χ1) is 15.9. The molecule has 8 nitrogen and oxygen atoms in total. The molecule has 1 saturated heterocycles. The molecule has 2 aromatic rings. The Morgan fingerprint density at radius 1 is 1.15 bits per heavy atom. The molecule has 5 atom stereocenters. The van der Waals surface area contributed by atoms with Gasteiger partial charge in [0.25, 0.3) is 0 Å². The van der Waals surface area contributed by atoms with Crippen molar-refractivity contribution in [1.82, 2.24) is 0 Å². The smallest absolute Gasteiger partial charge is 0.338 e. The number of hydrogen-bond acceptors (Lipinski definition) is 8. The quantitative estimate of drug-likeness (QED) is 0.413. The van der Waals surface area contributed by atoms with Crippen LogP contribution in [0.1, 0.15) is 21.5 Å². The molecule has 0 saturated carbocycles. The van der Waals surface area contributed by atoms with Crippen molar-refractivity contribution in [1.29, 1.82) is 0 Å². The van der Waals surface area contributed by atoms with Gasteiger partial charge < -0.3 is 33.9 Å². The molecule has 0 bridgehead atoms. The first kappa shape index (κ1) is 24.9. The van der Waals surface area contributed by atoms with Crippen LogP contribution in [0, 0.1) is 6.92 Å². The second kappa shape index (κ2) is 11.9. The van der Waals surface area contributed by atoms with Gasteiger partial charge in [-0.1, -0.05) is 36.4 Å². The van der Waals surface area contributed by atoms with E-state index in [1.807, 2.05) is 30.3 Å². The maximum atomic E-state index is 12.9. The van der Waals surface area contributed by atoms with Crippen molar-refractivity contribution < 1.29 is 38.7 Å². The molecule has 0 aliphatic carbocycles. The predicted octanol–water partition coefficient (Wildman–Crippen LogP) is 2.40. The second-order valence-electron chi connectivity index (χ2n) is 7.72. The van der Waals surface area contributed by atoms with Gasteiger partial charge in [0.2, 0.25) is 0 Å². The van der Waals surface area contributed by atoms with Crippen LogP contribution in [0.4, 0.5) is 0 Å². The summed E-state index contributed by atoms with van der Waals surface area (Å²) in [5, 5.41) is 21.0. The monoisotopic (exact) mass is 458 g/mol. The van der Waals surface area contributed by atoms with E-state index in [4.69, 9.17) is 23.7 Å². The van der Waals surface area contributed by atoms with Gasteiger partial charge in [-0.25, -0.2) is 4.79 Å². The second-order valence-corrected chi connectivity index (χ2v) is 7.72. The number of hydrogen-bond donors (Lipinski definition) is 2. The SMILES string of the molecule is C=CCO[C@H]1O[C@H](COC)[C@@H](O)[C@H](O)[C@H]1OC(=O)c1ccc(OCc2ccccc2)cc1C. The minimum absolute atomic E-state index is 0.0381. The summed E-state index contributed by atoms with van der Waals surface area (Å²) in [4.78, 5) is 12.9. The van der Waals surface area contributed by atoms with Crippen molar-refractivity contribution in [2.45, 2.75) is 44.2 Å². The Morgan fingerprint density at radius 3 is 2.58 bits per heavy atom. The molecular weight excluding hydrogens is 428 g/mol. The van der Waals surface area contributed by atoms with Gasteiger partial charge in [0.05, 0.1) is 18.8 Å². The summed E-state index contributed by atoms with van der Waals surface area (Å²) in [6.07, 6.45) is -4.41. The third kappa shape index (κ3) is 6.40. The summed E-state index contributed by atoms with van der Waals surface area (Å²) < 4.78 is 27.6. The average Bonchev–Trinajstić information content (AvgIpc) is 2.82. The fourth-order valence-corrected chi connectivity index (χ4v) is 3.51. The van der Waals surface area contributed by atoms with Gasteiger partial charge in [-0.2, -0.15) is 0 Å². The van der Waals surface area contributed by atoms with Crippen molar-refractivity contribution in [3.63, 3.8) is 0 Å². The number of rotatable bonds is 10. The lowest BCUT2D eigenvalue weighted by molar-refractivity contribution is -0.298. The molecule has 0 unspecified atom stereocenters. The van der Waals surface area contributed by atoms with Crippen molar-refractivity contribution >= 4 is 5.97 Å². The number of esters is 1. The van der Waals surface area contributed by atoms with Crippen LogP contribution < -0.4 is 4.74 Å². The molecule has 0 amide bonds. The van der Waals surface area contributed by atoms with E-state index in [2.05, 4.69) is 6.58 Å². The van der Waals surface area contributed by atoms with Crippen LogP contribution in [0.2, 0.25) is 0 Å². The van der Waals surface area contributed by atoms with E-state index in [-0.39, 0.29) is 13.2 Å². The molecule has 1 heterocycles. The highest BCUT2D eigenvalue weighted by Crippen LogP contribution is 2.27. The lowest BCUT2D eigenvalue weighted by atomic mass is 9.99. The van der Waals surface area contributed by atoms with E-state index >= 15 is 0 Å². The third-order valence-corrected chi connectivity index (χ3v) is 5.26. The van der Waals surface area contributed by atoms with Crippen molar-refractivity contribution in [2.75, 3.05) is 20.3 Å². The summed E-state index contributed by atoms with van der Waals surface area (Å²) in [7, 11) is 1.45. The number of carbonyl (C=O) groups excluding carboxylic acids is 1. The molecule has 1 aliphatic heterocycles. The molecule has 0 aromatic heterocycles. The van der Waals surface area contributed by atoms with E-state index in [1.165, 1.54) is 13.2 Å². The maximum Gasteiger partial charge on any atom is 0.338 e. The Balaban J connectivity index is 1.69. The van der Waals surface area contributed by atoms with Crippen LogP contribution >= 0.6 is 0 Å². The lowest BCUT2D eigenvalue weighted by Crippen LogP contribution is -2.60. The average molecular weight is 459 g/mol. The Labute approximate surface area is 193 Å². The van der Waals surface area contributed by atoms with E-state index in [0.29, 0.717) is 23.5 Å². The summed E-state index contributed by atoms with van der Waals surface area (Å²) in [6.45, 7) is 5.89. The molecule has 8 heteroatoms. The molecule has 1 fully saturated rings. The first-order valence-electron chi connectivity index (χ1n) is 10.7. The van der Waals surface area contributed by atoms with E-state index in [9.17, 15) is 15.0 Å². The van der Waals surface area contributed by atoms with Crippen molar-refractivity contribution in [3.05, 3.63) is 77.9 Å². The Hall–Kier alpha value is -2.75.